The van der Waals surface area contributed by atoms with Gasteiger partial charge in [0.15, 0.2) is 0 Å². The molecule has 1 aromatic carbocycles. The Kier molecular flexibility index (Phi) is 6.04. The van der Waals surface area contributed by atoms with Crippen LogP contribution in [0.3, 0.4) is 0 Å². The first-order valence-electron chi connectivity index (χ1n) is 9.94. The monoisotopic (exact) mass is 429 g/mol. The first-order chi connectivity index (χ1) is 14.1. The predicted octanol–water partition coefficient (Wildman–Crippen LogP) is 3.36. The molecule has 2 aliphatic rings. The fourth-order valence-electron chi connectivity index (χ4n) is 3.88. The largest absolute Gasteiger partial charge is 0.364 e. The fraction of sp³-hybridized carbons (Fsp3) is 0.364. The van der Waals surface area contributed by atoms with E-state index >= 15 is 0 Å². The van der Waals surface area contributed by atoms with E-state index in [4.69, 9.17) is 11.6 Å². The van der Waals surface area contributed by atoms with Gasteiger partial charge in [0, 0.05) is 42.6 Å². The minimum Gasteiger partial charge on any atom is -0.364 e. The minimum absolute atomic E-state index is 0.169. The van der Waals surface area contributed by atoms with E-state index in [2.05, 4.69) is 16.7 Å². The Balaban J connectivity index is 1.57. The van der Waals surface area contributed by atoms with Crippen LogP contribution in [0.15, 0.2) is 47.5 Å². The molecule has 4 rings (SSSR count). The van der Waals surface area contributed by atoms with Crippen molar-refractivity contribution in [2.45, 2.75) is 13.3 Å². The van der Waals surface area contributed by atoms with Gasteiger partial charge in [0.05, 0.1) is 5.57 Å². The number of nitrogens with zero attached hydrogens (tertiary/aromatic N) is 3. The first-order valence-corrected chi connectivity index (χ1v) is 11.2. The van der Waals surface area contributed by atoms with Crippen molar-refractivity contribution in [1.82, 2.24) is 14.7 Å². The van der Waals surface area contributed by atoms with E-state index in [0.717, 1.165) is 43.2 Å². The van der Waals surface area contributed by atoms with Crippen LogP contribution in [-0.2, 0) is 16.0 Å². The van der Waals surface area contributed by atoms with Crippen molar-refractivity contribution in [3.05, 3.63) is 62.9 Å². The molecule has 0 spiro atoms. The molecule has 1 aromatic heterocycles. The van der Waals surface area contributed by atoms with E-state index in [9.17, 15) is 9.59 Å². The smallest absolute Gasteiger partial charge is 0.277 e. The molecule has 29 heavy (non-hydrogen) atoms. The lowest BCUT2D eigenvalue weighted by atomic mass is 10.1. The summed E-state index contributed by atoms with van der Waals surface area (Å²) in [7, 11) is 0. The number of thiophene rings is 1. The van der Waals surface area contributed by atoms with Gasteiger partial charge in [-0.2, -0.15) is 0 Å². The quantitative estimate of drug-likeness (QED) is 0.660. The van der Waals surface area contributed by atoms with Gasteiger partial charge in [0.1, 0.15) is 5.70 Å². The van der Waals surface area contributed by atoms with Crippen LogP contribution in [0.1, 0.15) is 17.4 Å². The number of piperazine rings is 1. The molecule has 0 atom stereocenters. The molecule has 7 heteroatoms. The molecular weight excluding hydrogens is 406 g/mol. The number of halogens is 1. The normalized spacial score (nSPS) is 18.3. The number of carbonyl (C=O) groups excluding carboxylic acids is 2. The number of carbonyl (C=O) groups is 2. The average Bonchev–Trinajstić information content (AvgIpc) is 3.34. The molecule has 2 aliphatic heterocycles. The fourth-order valence-corrected chi connectivity index (χ4v) is 4.77. The summed E-state index contributed by atoms with van der Waals surface area (Å²) in [5.41, 5.74) is 2.19. The van der Waals surface area contributed by atoms with Gasteiger partial charge in [0.2, 0.25) is 0 Å². The summed E-state index contributed by atoms with van der Waals surface area (Å²) in [5, 5.41) is 2.63. The Morgan fingerprint density at radius 3 is 2.34 bits per heavy atom. The molecule has 0 saturated carbocycles. The first kappa shape index (κ1) is 20.1. The number of hydrogen-bond acceptors (Lipinski definition) is 5. The van der Waals surface area contributed by atoms with Crippen molar-refractivity contribution < 1.29 is 9.59 Å². The van der Waals surface area contributed by atoms with E-state index < -0.39 is 0 Å². The van der Waals surface area contributed by atoms with E-state index in [-0.39, 0.29) is 11.8 Å². The number of rotatable bonds is 6. The van der Waals surface area contributed by atoms with Crippen LogP contribution in [0.4, 0.5) is 0 Å². The summed E-state index contributed by atoms with van der Waals surface area (Å²) in [4.78, 5) is 33.3. The molecule has 0 radical (unpaired) electrons. The Bertz CT molecular complexity index is 916. The second kappa shape index (κ2) is 8.69. The summed E-state index contributed by atoms with van der Waals surface area (Å²) in [6.45, 7) is 6.87. The number of imide groups is 1. The van der Waals surface area contributed by atoms with Crippen LogP contribution in [0.2, 0.25) is 5.02 Å². The lowest BCUT2D eigenvalue weighted by Gasteiger charge is -2.35. The molecule has 5 nitrogen and oxygen atoms in total. The molecule has 0 aliphatic carbocycles. The zero-order valence-corrected chi connectivity index (χ0v) is 18.0. The highest BCUT2D eigenvalue weighted by molar-refractivity contribution is 7.11. The number of benzene rings is 1. The van der Waals surface area contributed by atoms with Crippen molar-refractivity contribution >= 4 is 40.3 Å². The number of amides is 2. The van der Waals surface area contributed by atoms with Crippen LogP contribution >= 0.6 is 22.9 Å². The predicted molar refractivity (Wildman–Crippen MR) is 117 cm³/mol. The Labute approximate surface area is 180 Å². The summed E-state index contributed by atoms with van der Waals surface area (Å²) in [6, 6.07) is 11.4. The maximum absolute atomic E-state index is 13.3. The minimum atomic E-state index is -0.181. The van der Waals surface area contributed by atoms with Gasteiger partial charge >= 0.3 is 0 Å². The van der Waals surface area contributed by atoms with E-state index in [1.807, 2.05) is 41.8 Å². The third-order valence-corrected chi connectivity index (χ3v) is 6.72. The highest BCUT2D eigenvalue weighted by Gasteiger charge is 2.42. The van der Waals surface area contributed by atoms with Crippen molar-refractivity contribution in [2.24, 2.45) is 0 Å². The molecule has 2 amide bonds. The average molecular weight is 430 g/mol. The van der Waals surface area contributed by atoms with Crippen LogP contribution in [0, 0.1) is 0 Å². The topological polar surface area (TPSA) is 43.9 Å². The second-order valence-corrected chi connectivity index (χ2v) is 8.64. The van der Waals surface area contributed by atoms with Crippen molar-refractivity contribution in [3.8, 4) is 0 Å². The highest BCUT2D eigenvalue weighted by atomic mass is 35.5. The molecule has 3 heterocycles. The van der Waals surface area contributed by atoms with Crippen LogP contribution in [0.25, 0.3) is 5.57 Å². The molecule has 0 unspecified atom stereocenters. The highest BCUT2D eigenvalue weighted by Crippen LogP contribution is 2.34. The number of hydrogen-bond donors (Lipinski definition) is 0. The van der Waals surface area contributed by atoms with Gasteiger partial charge in [-0.25, -0.2) is 0 Å². The standard InChI is InChI=1S/C22H24ClN3O2S/c1-2-24-11-13-25(14-12-24)20-19(18-4-3-15-29-18)21(27)26(22(20)28)10-9-16-5-7-17(23)8-6-16/h3-8,15H,2,9-14H2,1H3. The maximum atomic E-state index is 13.3. The molecule has 1 saturated heterocycles. The Morgan fingerprint density at radius 2 is 1.72 bits per heavy atom. The summed E-state index contributed by atoms with van der Waals surface area (Å²) >= 11 is 7.46. The van der Waals surface area contributed by atoms with E-state index in [0.29, 0.717) is 29.3 Å². The lowest BCUT2D eigenvalue weighted by molar-refractivity contribution is -0.137. The molecule has 0 bridgehead atoms. The van der Waals surface area contributed by atoms with Gasteiger partial charge in [-0.1, -0.05) is 36.7 Å². The molecule has 0 N–H and O–H groups in total. The molecule has 2 aromatic rings. The Morgan fingerprint density at radius 1 is 1.00 bits per heavy atom. The third-order valence-electron chi connectivity index (χ3n) is 5.58. The summed E-state index contributed by atoms with van der Waals surface area (Å²) < 4.78 is 0. The number of likely N-dealkylation sites (N-methyl/N-ethyl adjacent to an activating group) is 1. The second-order valence-electron chi connectivity index (χ2n) is 7.26. The molecule has 152 valence electrons. The van der Waals surface area contributed by atoms with Crippen LogP contribution in [-0.4, -0.2) is 65.8 Å². The maximum Gasteiger partial charge on any atom is 0.277 e. The van der Waals surface area contributed by atoms with Crippen LogP contribution in [0.5, 0.6) is 0 Å². The van der Waals surface area contributed by atoms with Crippen molar-refractivity contribution in [3.63, 3.8) is 0 Å². The van der Waals surface area contributed by atoms with Crippen LogP contribution < -0.4 is 0 Å². The molecule has 1 fully saturated rings. The lowest BCUT2D eigenvalue weighted by Crippen LogP contribution is -2.47. The summed E-state index contributed by atoms with van der Waals surface area (Å²) in [5.74, 6) is -0.350. The van der Waals surface area contributed by atoms with E-state index in [1.165, 1.54) is 16.2 Å². The zero-order chi connectivity index (χ0) is 20.4. The third kappa shape index (κ3) is 4.10. The van der Waals surface area contributed by atoms with Gasteiger partial charge < -0.3 is 9.80 Å². The van der Waals surface area contributed by atoms with E-state index in [1.54, 1.807) is 0 Å². The zero-order valence-electron chi connectivity index (χ0n) is 16.4. The van der Waals surface area contributed by atoms with Gasteiger partial charge in [-0.05, 0) is 42.1 Å². The van der Waals surface area contributed by atoms with Crippen molar-refractivity contribution in [2.75, 3.05) is 39.3 Å². The molecular formula is C22H24ClN3O2S. The van der Waals surface area contributed by atoms with Crippen molar-refractivity contribution in [1.29, 1.82) is 0 Å². The Hall–Kier alpha value is -2.15. The van der Waals surface area contributed by atoms with Gasteiger partial charge in [-0.3, -0.25) is 14.5 Å². The van der Waals surface area contributed by atoms with Gasteiger partial charge in [-0.15, -0.1) is 11.3 Å². The SMILES string of the molecule is CCN1CCN(C2=C(c3cccs3)C(=O)N(CCc3ccc(Cl)cc3)C2=O)CC1. The summed E-state index contributed by atoms with van der Waals surface area (Å²) in [6.07, 6.45) is 0.614. The van der Waals surface area contributed by atoms with Gasteiger partial charge in [0.25, 0.3) is 11.8 Å².